The minimum atomic E-state index is -0.339. The molecule has 0 spiro atoms. The Morgan fingerprint density at radius 2 is 1.97 bits per heavy atom. The number of rotatable bonds is 7. The number of thiophene rings is 1. The summed E-state index contributed by atoms with van der Waals surface area (Å²) in [5.74, 6) is 0.559. The molecule has 0 saturated heterocycles. The van der Waals surface area contributed by atoms with E-state index < -0.39 is 0 Å². The number of anilines is 1. The summed E-state index contributed by atoms with van der Waals surface area (Å²) in [6, 6.07) is 10.6. The first-order valence-corrected chi connectivity index (χ1v) is 10.9. The quantitative estimate of drug-likeness (QED) is 0.547. The lowest BCUT2D eigenvalue weighted by atomic mass is 9.95. The summed E-state index contributed by atoms with van der Waals surface area (Å²) in [6.45, 7) is 0.0964. The molecule has 1 aliphatic carbocycles. The van der Waals surface area contributed by atoms with Gasteiger partial charge in [-0.3, -0.25) is 9.59 Å². The molecule has 30 heavy (non-hydrogen) atoms. The minimum absolute atomic E-state index is 0.195. The number of fused-ring (bicyclic) bond motifs is 1. The van der Waals surface area contributed by atoms with Crippen molar-refractivity contribution in [1.82, 2.24) is 5.32 Å². The maximum absolute atomic E-state index is 13.0. The van der Waals surface area contributed by atoms with E-state index in [1.807, 2.05) is 0 Å². The number of hydrogen-bond acceptors (Lipinski definition) is 5. The van der Waals surface area contributed by atoms with E-state index in [1.165, 1.54) is 11.3 Å². The first kappa shape index (κ1) is 20.5. The summed E-state index contributed by atoms with van der Waals surface area (Å²) >= 11 is 7.53. The van der Waals surface area contributed by atoms with Gasteiger partial charge in [0.05, 0.1) is 23.4 Å². The fourth-order valence-electron chi connectivity index (χ4n) is 3.43. The first-order valence-electron chi connectivity index (χ1n) is 9.74. The van der Waals surface area contributed by atoms with Crippen molar-refractivity contribution in [2.45, 2.75) is 32.2 Å². The summed E-state index contributed by atoms with van der Waals surface area (Å²) < 4.78 is 10.8. The zero-order valence-corrected chi connectivity index (χ0v) is 17.8. The van der Waals surface area contributed by atoms with Crippen LogP contribution in [0.1, 0.15) is 39.4 Å². The van der Waals surface area contributed by atoms with Crippen molar-refractivity contribution < 1.29 is 18.7 Å². The minimum Gasteiger partial charge on any atom is -0.482 e. The zero-order valence-electron chi connectivity index (χ0n) is 16.2. The highest BCUT2D eigenvalue weighted by Gasteiger charge is 2.26. The van der Waals surface area contributed by atoms with Crippen molar-refractivity contribution in [3.8, 4) is 5.75 Å². The topological polar surface area (TPSA) is 80.6 Å². The summed E-state index contributed by atoms with van der Waals surface area (Å²) in [6.07, 6.45) is 5.44. The second-order valence-electron chi connectivity index (χ2n) is 6.94. The molecule has 0 unspecified atom stereocenters. The van der Waals surface area contributed by atoms with Crippen LogP contribution in [0.5, 0.6) is 5.75 Å². The molecule has 0 fully saturated rings. The van der Waals surface area contributed by atoms with Crippen LogP contribution in [-0.2, 0) is 24.2 Å². The Bertz CT molecular complexity index is 1050. The SMILES string of the molecule is O=C(COc1ccccc1Cl)Nc1sc2c(c1C(=O)NCc1ccco1)CCCC2. The number of para-hydroxylation sites is 1. The van der Waals surface area contributed by atoms with Gasteiger partial charge >= 0.3 is 0 Å². The Hall–Kier alpha value is -2.77. The Morgan fingerprint density at radius 1 is 1.13 bits per heavy atom. The van der Waals surface area contributed by atoms with Gasteiger partial charge in [-0.05, 0) is 55.5 Å². The van der Waals surface area contributed by atoms with Gasteiger partial charge in [0.2, 0.25) is 0 Å². The van der Waals surface area contributed by atoms with Crippen LogP contribution >= 0.6 is 22.9 Å². The molecule has 1 aliphatic rings. The molecule has 8 heteroatoms. The number of benzene rings is 1. The van der Waals surface area contributed by atoms with Gasteiger partial charge in [0, 0.05) is 4.88 Å². The van der Waals surface area contributed by atoms with Crippen LogP contribution in [0.15, 0.2) is 47.1 Å². The monoisotopic (exact) mass is 444 g/mol. The number of carbonyl (C=O) groups excluding carboxylic acids is 2. The molecule has 2 aromatic heterocycles. The number of aryl methyl sites for hydroxylation is 1. The Labute approximate surface area is 183 Å². The van der Waals surface area contributed by atoms with Crippen molar-refractivity contribution in [3.05, 3.63) is 69.4 Å². The molecule has 1 aromatic carbocycles. The molecular formula is C22H21ClN2O4S. The molecule has 4 rings (SSSR count). The van der Waals surface area contributed by atoms with Gasteiger partial charge in [-0.15, -0.1) is 11.3 Å². The lowest BCUT2D eigenvalue weighted by Gasteiger charge is -2.13. The average molecular weight is 445 g/mol. The van der Waals surface area contributed by atoms with Gasteiger partial charge in [0.25, 0.3) is 11.8 Å². The molecule has 0 radical (unpaired) electrons. The van der Waals surface area contributed by atoms with Gasteiger partial charge in [0.15, 0.2) is 6.61 Å². The highest BCUT2D eigenvalue weighted by atomic mass is 35.5. The van der Waals surface area contributed by atoms with E-state index in [1.54, 1.807) is 42.7 Å². The van der Waals surface area contributed by atoms with Crippen molar-refractivity contribution >= 4 is 39.8 Å². The molecule has 0 bridgehead atoms. The molecule has 2 heterocycles. The largest absolute Gasteiger partial charge is 0.482 e. The van der Waals surface area contributed by atoms with Crippen LogP contribution in [0.4, 0.5) is 5.00 Å². The van der Waals surface area contributed by atoms with Crippen molar-refractivity contribution in [2.24, 2.45) is 0 Å². The van der Waals surface area contributed by atoms with E-state index in [9.17, 15) is 9.59 Å². The molecule has 0 aliphatic heterocycles. The molecule has 156 valence electrons. The molecule has 2 amide bonds. The van der Waals surface area contributed by atoms with Crippen LogP contribution in [0.3, 0.4) is 0 Å². The van der Waals surface area contributed by atoms with Crippen LogP contribution in [0, 0.1) is 0 Å². The molecule has 6 nitrogen and oxygen atoms in total. The number of hydrogen-bond donors (Lipinski definition) is 2. The predicted molar refractivity (Wildman–Crippen MR) is 116 cm³/mol. The van der Waals surface area contributed by atoms with E-state index >= 15 is 0 Å². The number of nitrogens with one attached hydrogen (secondary N) is 2. The lowest BCUT2D eigenvalue weighted by molar-refractivity contribution is -0.118. The highest BCUT2D eigenvalue weighted by molar-refractivity contribution is 7.17. The van der Waals surface area contributed by atoms with Gasteiger partial charge in [-0.25, -0.2) is 0 Å². The number of carbonyl (C=O) groups is 2. The van der Waals surface area contributed by atoms with Crippen LogP contribution in [0.25, 0.3) is 0 Å². The number of furan rings is 1. The normalized spacial score (nSPS) is 12.8. The third-order valence-corrected chi connectivity index (χ3v) is 6.37. The fourth-order valence-corrected chi connectivity index (χ4v) is 4.92. The van der Waals surface area contributed by atoms with Crippen LogP contribution in [-0.4, -0.2) is 18.4 Å². The standard InChI is InChI=1S/C22H21ClN2O4S/c23-16-8-2-3-9-17(16)29-13-19(26)25-22-20(15-7-1-4-10-18(15)30-22)21(27)24-12-14-6-5-11-28-14/h2-3,5-6,8-9,11H,1,4,7,10,12-13H2,(H,24,27)(H,25,26). The highest BCUT2D eigenvalue weighted by Crippen LogP contribution is 2.38. The van der Waals surface area contributed by atoms with Crippen molar-refractivity contribution in [3.63, 3.8) is 0 Å². The van der Waals surface area contributed by atoms with E-state index in [4.69, 9.17) is 20.8 Å². The summed E-state index contributed by atoms with van der Waals surface area (Å²) in [7, 11) is 0. The predicted octanol–water partition coefficient (Wildman–Crippen LogP) is 4.82. The Kier molecular flexibility index (Phi) is 6.40. The molecule has 2 N–H and O–H groups in total. The van der Waals surface area contributed by atoms with E-state index in [0.717, 1.165) is 36.1 Å². The van der Waals surface area contributed by atoms with Crippen molar-refractivity contribution in [2.75, 3.05) is 11.9 Å². The van der Waals surface area contributed by atoms with E-state index in [0.29, 0.717) is 33.6 Å². The maximum atomic E-state index is 13.0. The van der Waals surface area contributed by atoms with Gasteiger partial charge in [-0.1, -0.05) is 23.7 Å². The average Bonchev–Trinajstić information content (AvgIpc) is 3.39. The Morgan fingerprint density at radius 3 is 2.77 bits per heavy atom. The number of ether oxygens (including phenoxy) is 1. The van der Waals surface area contributed by atoms with Gasteiger partial charge in [-0.2, -0.15) is 0 Å². The molecule has 0 saturated carbocycles. The lowest BCUT2D eigenvalue weighted by Crippen LogP contribution is -2.26. The summed E-state index contributed by atoms with van der Waals surface area (Å²) in [5, 5.41) is 6.75. The fraction of sp³-hybridized carbons (Fsp3) is 0.273. The molecule has 3 aromatic rings. The third kappa shape index (κ3) is 4.68. The second kappa shape index (κ2) is 9.36. The second-order valence-corrected chi connectivity index (χ2v) is 8.46. The smallest absolute Gasteiger partial charge is 0.262 e. The molecular weight excluding hydrogens is 424 g/mol. The van der Waals surface area contributed by atoms with Crippen LogP contribution in [0.2, 0.25) is 5.02 Å². The van der Waals surface area contributed by atoms with Gasteiger partial charge < -0.3 is 19.8 Å². The van der Waals surface area contributed by atoms with Gasteiger partial charge in [0.1, 0.15) is 16.5 Å². The Balaban J connectivity index is 1.47. The first-order chi connectivity index (χ1) is 14.6. The van der Waals surface area contributed by atoms with Crippen molar-refractivity contribution in [1.29, 1.82) is 0 Å². The maximum Gasteiger partial charge on any atom is 0.262 e. The van der Waals surface area contributed by atoms with E-state index in [2.05, 4.69) is 10.6 Å². The van der Waals surface area contributed by atoms with Crippen LogP contribution < -0.4 is 15.4 Å². The zero-order chi connectivity index (χ0) is 20.9. The van der Waals surface area contributed by atoms with E-state index in [-0.39, 0.29) is 18.4 Å². The number of amides is 2. The summed E-state index contributed by atoms with van der Waals surface area (Å²) in [4.78, 5) is 26.6. The number of halogens is 1. The molecule has 0 atom stereocenters. The summed E-state index contributed by atoms with van der Waals surface area (Å²) in [5.41, 5.74) is 1.58. The third-order valence-electron chi connectivity index (χ3n) is 4.85.